The Hall–Kier alpha value is -2.13. The molecule has 0 rings (SSSR count). The molecule has 0 aromatic heterocycles. The molecule has 2 N–H and O–H groups in total. The zero-order valence-corrected chi connectivity index (χ0v) is 17.1. The van der Waals surface area contributed by atoms with Gasteiger partial charge in [-0.3, -0.25) is 20.2 Å². The third kappa shape index (κ3) is 12.8. The van der Waals surface area contributed by atoms with E-state index in [0.717, 1.165) is 25.5 Å². The summed E-state index contributed by atoms with van der Waals surface area (Å²) < 4.78 is 0. The molecule has 29 heavy (non-hydrogen) atoms. The van der Waals surface area contributed by atoms with Crippen molar-refractivity contribution in [2.45, 2.75) is 95.4 Å². The summed E-state index contributed by atoms with van der Waals surface area (Å²) in [6, 6.07) is -1.99. The molecule has 0 aliphatic heterocycles. The van der Waals surface area contributed by atoms with Gasteiger partial charge in [-0.05, 0) is 32.1 Å². The summed E-state index contributed by atoms with van der Waals surface area (Å²) in [6.07, 6.45) is 10.6. The highest BCUT2D eigenvalue weighted by atomic mass is 16.6. The molecule has 4 unspecified atom stereocenters. The Labute approximate surface area is 171 Å². The lowest BCUT2D eigenvalue weighted by atomic mass is 10.0. The van der Waals surface area contributed by atoms with E-state index in [1.165, 1.54) is 0 Å². The number of hydrogen-bond acceptors (Lipinski definition) is 7. The first-order valence-corrected chi connectivity index (χ1v) is 10.2. The van der Waals surface area contributed by atoms with Crippen LogP contribution in [-0.2, 0) is 4.79 Å². The number of aliphatic hydroxyl groups excluding tert-OH is 2. The van der Waals surface area contributed by atoms with Crippen LogP contribution >= 0.6 is 0 Å². The van der Waals surface area contributed by atoms with E-state index >= 15 is 0 Å². The van der Waals surface area contributed by atoms with Crippen molar-refractivity contribution in [2.75, 3.05) is 0 Å². The van der Waals surface area contributed by atoms with E-state index in [2.05, 4.69) is 0 Å². The fourth-order valence-electron chi connectivity index (χ4n) is 2.99. The van der Waals surface area contributed by atoms with Crippen molar-refractivity contribution in [2.24, 2.45) is 0 Å². The summed E-state index contributed by atoms with van der Waals surface area (Å²) in [4.78, 5) is 31.2. The molecule has 4 atom stereocenters. The number of aldehydes is 1. The van der Waals surface area contributed by atoms with E-state index in [0.29, 0.717) is 25.7 Å². The lowest BCUT2D eigenvalue weighted by Gasteiger charge is -2.14. The van der Waals surface area contributed by atoms with Gasteiger partial charge in [-0.25, -0.2) is 0 Å². The largest absolute Gasteiger partial charge is 0.386 e. The van der Waals surface area contributed by atoms with Gasteiger partial charge in [0, 0.05) is 29.1 Å². The highest BCUT2D eigenvalue weighted by Crippen LogP contribution is 2.14. The first kappa shape index (κ1) is 26.9. The maximum Gasteiger partial charge on any atom is 0.238 e. The average molecular weight is 414 g/mol. The third-order valence-electron chi connectivity index (χ3n) is 4.78. The second-order valence-electron chi connectivity index (χ2n) is 7.06. The lowest BCUT2D eigenvalue weighted by Crippen LogP contribution is -2.33. The Morgan fingerprint density at radius 3 is 1.83 bits per heavy atom. The predicted octanol–water partition coefficient (Wildman–Crippen LogP) is 3.23. The van der Waals surface area contributed by atoms with Crippen LogP contribution in [0.4, 0.5) is 0 Å². The quantitative estimate of drug-likeness (QED) is 0.115. The minimum Gasteiger partial charge on any atom is -0.386 e. The van der Waals surface area contributed by atoms with E-state index < -0.39 is 34.1 Å². The van der Waals surface area contributed by atoms with Crippen LogP contribution in [-0.4, -0.2) is 50.6 Å². The number of rotatable bonds is 18. The van der Waals surface area contributed by atoms with Crippen LogP contribution in [0, 0.1) is 20.2 Å². The maximum atomic E-state index is 11.2. The number of hydrogen-bond donors (Lipinski definition) is 2. The fourth-order valence-corrected chi connectivity index (χ4v) is 2.99. The molecular weight excluding hydrogens is 380 g/mol. The molecule has 0 amide bonds. The Bertz CT molecular complexity index is 537. The second kappa shape index (κ2) is 16.8. The van der Waals surface area contributed by atoms with Gasteiger partial charge in [0.1, 0.15) is 18.5 Å². The molecule has 0 spiro atoms. The van der Waals surface area contributed by atoms with Gasteiger partial charge in [-0.1, -0.05) is 44.1 Å². The van der Waals surface area contributed by atoms with E-state index in [-0.39, 0.29) is 19.3 Å². The number of aliphatic hydroxyl groups is 2. The Kier molecular flexibility index (Phi) is 15.6. The van der Waals surface area contributed by atoms with Gasteiger partial charge in [-0.2, -0.15) is 0 Å². The van der Waals surface area contributed by atoms with Crippen molar-refractivity contribution in [3.63, 3.8) is 0 Å². The maximum absolute atomic E-state index is 11.2. The summed E-state index contributed by atoms with van der Waals surface area (Å²) in [5.41, 5.74) is 0. The molecule has 0 aromatic rings. The monoisotopic (exact) mass is 414 g/mol. The van der Waals surface area contributed by atoms with Gasteiger partial charge in [0.05, 0.1) is 0 Å². The molecule has 0 heterocycles. The first-order valence-electron chi connectivity index (χ1n) is 10.2. The van der Waals surface area contributed by atoms with Gasteiger partial charge < -0.3 is 15.0 Å². The van der Waals surface area contributed by atoms with Crippen molar-refractivity contribution in [3.05, 3.63) is 44.5 Å². The van der Waals surface area contributed by atoms with Crippen molar-refractivity contribution in [1.29, 1.82) is 0 Å². The molecule has 0 bridgehead atoms. The predicted molar refractivity (Wildman–Crippen MR) is 110 cm³/mol. The highest BCUT2D eigenvalue weighted by Gasteiger charge is 2.28. The van der Waals surface area contributed by atoms with Gasteiger partial charge in [-0.15, -0.1) is 0 Å². The normalized spacial score (nSPS) is 16.0. The van der Waals surface area contributed by atoms with E-state index in [1.807, 2.05) is 0 Å². The van der Waals surface area contributed by atoms with E-state index in [9.17, 15) is 35.2 Å². The number of nitrogens with zero attached hydrogens (tertiary/aromatic N) is 2. The topological polar surface area (TPSA) is 144 Å². The smallest absolute Gasteiger partial charge is 0.238 e. The molecule has 0 radical (unpaired) electrons. The summed E-state index contributed by atoms with van der Waals surface area (Å²) in [5.74, 6) is 0. The van der Waals surface area contributed by atoms with Crippen LogP contribution < -0.4 is 0 Å². The molecule has 0 saturated heterocycles. The Balaban J connectivity index is 4.19. The summed E-state index contributed by atoms with van der Waals surface area (Å²) >= 11 is 0. The van der Waals surface area contributed by atoms with Gasteiger partial charge in [0.2, 0.25) is 12.1 Å². The highest BCUT2D eigenvalue weighted by molar-refractivity contribution is 5.48. The fraction of sp³-hybridized carbons (Fsp3) is 0.750. The summed E-state index contributed by atoms with van der Waals surface area (Å²) in [5, 5.41) is 41.8. The van der Waals surface area contributed by atoms with Gasteiger partial charge in [0.25, 0.3) is 0 Å². The van der Waals surface area contributed by atoms with E-state index in [1.54, 1.807) is 31.2 Å². The van der Waals surface area contributed by atoms with Crippen molar-refractivity contribution >= 4 is 6.29 Å². The molecule has 0 aromatic carbocycles. The number of carbonyl (C=O) groups is 1. The zero-order valence-electron chi connectivity index (χ0n) is 17.1. The van der Waals surface area contributed by atoms with Crippen LogP contribution in [0.15, 0.2) is 24.3 Å². The average Bonchev–Trinajstić information content (AvgIpc) is 2.66. The minimum atomic E-state index is -1.06. The SMILES string of the molecule is CCC(C(O)C/C=C\C/C=C\CC(O)C(CCCCCCC=O)[N+](=O)[O-])[N+](=O)[O-]. The summed E-state index contributed by atoms with van der Waals surface area (Å²) in [6.45, 7) is 1.65. The van der Waals surface area contributed by atoms with Crippen LogP contribution in [0.25, 0.3) is 0 Å². The summed E-state index contributed by atoms with van der Waals surface area (Å²) in [7, 11) is 0. The molecule has 9 heteroatoms. The second-order valence-corrected chi connectivity index (χ2v) is 7.06. The van der Waals surface area contributed by atoms with E-state index in [4.69, 9.17) is 0 Å². The molecule has 9 nitrogen and oxygen atoms in total. The van der Waals surface area contributed by atoms with Crippen molar-refractivity contribution in [3.8, 4) is 0 Å². The Morgan fingerprint density at radius 1 is 0.828 bits per heavy atom. The van der Waals surface area contributed by atoms with Gasteiger partial charge in [0.15, 0.2) is 0 Å². The third-order valence-corrected chi connectivity index (χ3v) is 4.78. The van der Waals surface area contributed by atoms with Crippen molar-refractivity contribution in [1.82, 2.24) is 0 Å². The standard InChI is InChI=1S/C20H34N2O7/c1-2-17(21(26)27)19(24)14-10-6-3-7-11-15-20(25)18(22(28)29)13-9-5-4-8-12-16-23/h6-7,10-11,16-20,24-25H,2-5,8-9,12-15H2,1H3/b10-6-,11-7-. The van der Waals surface area contributed by atoms with Gasteiger partial charge >= 0.3 is 0 Å². The number of allylic oxidation sites excluding steroid dienone is 2. The molecule has 0 aliphatic rings. The number of unbranched alkanes of at least 4 members (excludes halogenated alkanes) is 4. The van der Waals surface area contributed by atoms with Crippen molar-refractivity contribution < 1.29 is 24.9 Å². The van der Waals surface area contributed by atoms with Crippen LogP contribution in [0.1, 0.15) is 71.1 Å². The first-order chi connectivity index (χ1) is 13.8. The molecule has 0 fully saturated rings. The lowest BCUT2D eigenvalue weighted by molar-refractivity contribution is -0.535. The molecule has 166 valence electrons. The number of nitro groups is 2. The molecular formula is C20H34N2O7. The van der Waals surface area contributed by atoms with Crippen LogP contribution in [0.3, 0.4) is 0 Å². The Morgan fingerprint density at radius 2 is 1.34 bits per heavy atom. The number of carbonyl (C=O) groups excluding carboxylic acids is 1. The van der Waals surface area contributed by atoms with Crippen LogP contribution in [0.2, 0.25) is 0 Å². The molecule has 0 aliphatic carbocycles. The minimum absolute atomic E-state index is 0.173. The molecule has 0 saturated carbocycles. The van der Waals surface area contributed by atoms with Crippen LogP contribution in [0.5, 0.6) is 0 Å². The zero-order chi connectivity index (χ0) is 22.1.